The van der Waals surface area contributed by atoms with Crippen molar-refractivity contribution in [3.63, 3.8) is 0 Å². The van der Waals surface area contributed by atoms with Gasteiger partial charge in [-0.1, -0.05) is 0 Å². The molecule has 1 fully saturated rings. The molecular formula is C16H25N5O. The molecule has 0 saturated carbocycles. The highest BCUT2D eigenvalue weighted by atomic mass is 16.4. The molecule has 0 aromatic carbocycles. The van der Waals surface area contributed by atoms with E-state index in [0.717, 1.165) is 69.0 Å². The Morgan fingerprint density at radius 2 is 1.77 bits per heavy atom. The second-order valence-electron chi connectivity index (χ2n) is 5.93. The largest absolute Gasteiger partial charge is 0.444 e. The Bertz CT molecular complexity index is 590. The van der Waals surface area contributed by atoms with Gasteiger partial charge in [0.15, 0.2) is 0 Å². The first kappa shape index (κ1) is 15.2. The Kier molecular flexibility index (Phi) is 4.59. The average Bonchev–Trinajstić information content (AvgIpc) is 3.08. The molecule has 3 rings (SSSR count). The van der Waals surface area contributed by atoms with Gasteiger partial charge in [-0.15, -0.1) is 0 Å². The van der Waals surface area contributed by atoms with E-state index in [1.807, 2.05) is 20.0 Å². The average molecular weight is 303 g/mol. The lowest BCUT2D eigenvalue weighted by molar-refractivity contribution is 0.111. The number of aryl methyl sites for hydroxylation is 3. The van der Waals surface area contributed by atoms with Crippen LogP contribution in [0.25, 0.3) is 0 Å². The van der Waals surface area contributed by atoms with Gasteiger partial charge in [0.2, 0.25) is 5.89 Å². The van der Waals surface area contributed by atoms with Gasteiger partial charge in [-0.2, -0.15) is 0 Å². The van der Waals surface area contributed by atoms with E-state index >= 15 is 0 Å². The molecule has 0 spiro atoms. The first-order valence-electron chi connectivity index (χ1n) is 8.03. The van der Waals surface area contributed by atoms with E-state index in [4.69, 9.17) is 4.42 Å². The van der Waals surface area contributed by atoms with Crippen LogP contribution < -0.4 is 0 Å². The van der Waals surface area contributed by atoms with Crippen LogP contribution >= 0.6 is 0 Å². The van der Waals surface area contributed by atoms with Gasteiger partial charge in [0.25, 0.3) is 0 Å². The second kappa shape index (κ2) is 6.62. The topological polar surface area (TPSA) is 50.3 Å². The van der Waals surface area contributed by atoms with Crippen molar-refractivity contribution in [2.45, 2.75) is 40.4 Å². The monoisotopic (exact) mass is 303 g/mol. The maximum Gasteiger partial charge on any atom is 0.208 e. The predicted molar refractivity (Wildman–Crippen MR) is 84.4 cm³/mol. The van der Waals surface area contributed by atoms with Crippen LogP contribution in [-0.4, -0.2) is 50.5 Å². The first-order chi connectivity index (χ1) is 10.7. The van der Waals surface area contributed by atoms with Crippen molar-refractivity contribution in [3.8, 4) is 0 Å². The highest BCUT2D eigenvalue weighted by Crippen LogP contribution is 2.13. The van der Waals surface area contributed by atoms with Crippen LogP contribution in [0.5, 0.6) is 0 Å². The quantitative estimate of drug-likeness (QED) is 0.843. The summed E-state index contributed by atoms with van der Waals surface area (Å²) in [5.74, 6) is 2.93. The molecule has 3 heterocycles. The van der Waals surface area contributed by atoms with Crippen LogP contribution in [0.15, 0.2) is 16.8 Å². The molecule has 1 aliphatic heterocycles. The molecule has 0 radical (unpaired) electrons. The normalized spacial score (nSPS) is 17.2. The molecule has 0 amide bonds. The Balaban J connectivity index is 1.50. The third kappa shape index (κ3) is 3.39. The molecule has 0 bridgehead atoms. The van der Waals surface area contributed by atoms with Crippen molar-refractivity contribution in [1.82, 2.24) is 24.3 Å². The van der Waals surface area contributed by atoms with E-state index in [0.29, 0.717) is 0 Å². The number of hydrogen-bond donors (Lipinski definition) is 0. The minimum absolute atomic E-state index is 0.812. The number of nitrogens with zero attached hydrogens (tertiary/aromatic N) is 5. The summed E-state index contributed by atoms with van der Waals surface area (Å²) in [7, 11) is 0. The molecule has 0 unspecified atom stereocenters. The van der Waals surface area contributed by atoms with Gasteiger partial charge in [0.05, 0.1) is 18.8 Å². The fourth-order valence-corrected chi connectivity index (χ4v) is 2.88. The van der Waals surface area contributed by atoms with E-state index in [-0.39, 0.29) is 0 Å². The molecule has 0 N–H and O–H groups in total. The molecular weight excluding hydrogens is 278 g/mol. The van der Waals surface area contributed by atoms with Gasteiger partial charge in [-0.05, 0) is 20.8 Å². The molecule has 6 heteroatoms. The van der Waals surface area contributed by atoms with Gasteiger partial charge in [-0.25, -0.2) is 9.97 Å². The molecule has 0 aliphatic carbocycles. The van der Waals surface area contributed by atoms with E-state index < -0.39 is 0 Å². The molecule has 2 aromatic heterocycles. The lowest BCUT2D eigenvalue weighted by Gasteiger charge is -2.33. The van der Waals surface area contributed by atoms with Crippen molar-refractivity contribution in [2.24, 2.45) is 0 Å². The summed E-state index contributed by atoms with van der Waals surface area (Å²) in [5, 5.41) is 0. The summed E-state index contributed by atoms with van der Waals surface area (Å²) in [6.07, 6.45) is 3.95. The lowest BCUT2D eigenvalue weighted by atomic mass is 10.3. The minimum atomic E-state index is 0.812. The van der Waals surface area contributed by atoms with Crippen LogP contribution in [0.4, 0.5) is 0 Å². The first-order valence-corrected chi connectivity index (χ1v) is 8.03. The Hall–Kier alpha value is -1.66. The van der Waals surface area contributed by atoms with Crippen LogP contribution in [-0.2, 0) is 19.6 Å². The molecule has 6 nitrogen and oxygen atoms in total. The van der Waals surface area contributed by atoms with Gasteiger partial charge < -0.3 is 8.98 Å². The molecule has 120 valence electrons. The zero-order chi connectivity index (χ0) is 15.5. The smallest absolute Gasteiger partial charge is 0.208 e. The van der Waals surface area contributed by atoms with Crippen molar-refractivity contribution in [1.29, 1.82) is 0 Å². The lowest BCUT2D eigenvalue weighted by Crippen LogP contribution is -2.45. The molecule has 0 atom stereocenters. The molecule has 1 saturated heterocycles. The van der Waals surface area contributed by atoms with Crippen molar-refractivity contribution < 1.29 is 4.42 Å². The summed E-state index contributed by atoms with van der Waals surface area (Å²) >= 11 is 0. The zero-order valence-corrected chi connectivity index (χ0v) is 13.7. The minimum Gasteiger partial charge on any atom is -0.444 e. The number of imidazole rings is 1. The number of aromatic nitrogens is 3. The van der Waals surface area contributed by atoms with E-state index in [9.17, 15) is 0 Å². The number of piperazine rings is 1. The number of hydrogen-bond acceptors (Lipinski definition) is 5. The SMILES string of the molecule is CCn1ccnc1CN1CCN(Cc2nc(C)c(C)o2)CC1. The van der Waals surface area contributed by atoms with E-state index in [2.05, 4.69) is 37.5 Å². The van der Waals surface area contributed by atoms with Crippen LogP contribution in [0.2, 0.25) is 0 Å². The third-order valence-corrected chi connectivity index (χ3v) is 4.40. The highest BCUT2D eigenvalue weighted by Gasteiger charge is 2.20. The summed E-state index contributed by atoms with van der Waals surface area (Å²) in [5.41, 5.74) is 1.00. The summed E-state index contributed by atoms with van der Waals surface area (Å²) in [6.45, 7) is 13.1. The van der Waals surface area contributed by atoms with Crippen molar-refractivity contribution in [3.05, 3.63) is 35.6 Å². The van der Waals surface area contributed by atoms with Crippen molar-refractivity contribution >= 4 is 0 Å². The molecule has 2 aromatic rings. The highest BCUT2D eigenvalue weighted by molar-refractivity contribution is 5.05. The Morgan fingerprint density at radius 1 is 1.09 bits per heavy atom. The number of rotatable bonds is 5. The standard InChI is InChI=1S/C16H25N5O/c1-4-21-6-5-17-15(21)11-19-7-9-20(10-8-19)12-16-18-13(2)14(3)22-16/h5-6H,4,7-12H2,1-3H3. The fourth-order valence-electron chi connectivity index (χ4n) is 2.88. The number of oxazole rings is 1. The summed E-state index contributed by atoms with van der Waals surface area (Å²) in [4.78, 5) is 13.8. The van der Waals surface area contributed by atoms with Gasteiger partial charge in [-0.3, -0.25) is 9.80 Å². The Labute approximate surface area is 131 Å². The maximum absolute atomic E-state index is 5.68. The molecule has 1 aliphatic rings. The van der Waals surface area contributed by atoms with Crippen LogP contribution in [0.3, 0.4) is 0 Å². The zero-order valence-electron chi connectivity index (χ0n) is 13.7. The van der Waals surface area contributed by atoms with Gasteiger partial charge >= 0.3 is 0 Å². The van der Waals surface area contributed by atoms with Crippen molar-refractivity contribution in [2.75, 3.05) is 26.2 Å². The third-order valence-electron chi connectivity index (χ3n) is 4.40. The van der Waals surface area contributed by atoms with Gasteiger partial charge in [0.1, 0.15) is 11.6 Å². The second-order valence-corrected chi connectivity index (χ2v) is 5.93. The predicted octanol–water partition coefficient (Wildman–Crippen LogP) is 1.83. The van der Waals surface area contributed by atoms with E-state index in [1.54, 1.807) is 0 Å². The van der Waals surface area contributed by atoms with Crippen LogP contribution in [0, 0.1) is 13.8 Å². The molecule has 22 heavy (non-hydrogen) atoms. The summed E-state index contributed by atoms with van der Waals surface area (Å²) in [6, 6.07) is 0. The summed E-state index contributed by atoms with van der Waals surface area (Å²) < 4.78 is 7.89. The Morgan fingerprint density at radius 3 is 2.36 bits per heavy atom. The van der Waals surface area contributed by atoms with Gasteiger partial charge in [0, 0.05) is 45.1 Å². The van der Waals surface area contributed by atoms with Crippen LogP contribution in [0.1, 0.15) is 30.1 Å². The maximum atomic E-state index is 5.68. The fraction of sp³-hybridized carbons (Fsp3) is 0.625. The van der Waals surface area contributed by atoms with E-state index in [1.165, 1.54) is 0 Å².